The van der Waals surface area contributed by atoms with Crippen LogP contribution in [0.3, 0.4) is 0 Å². The fourth-order valence-electron chi connectivity index (χ4n) is 2.25. The van der Waals surface area contributed by atoms with Crippen LogP contribution in [0.25, 0.3) is 0 Å². The molecule has 0 radical (unpaired) electrons. The normalized spacial score (nSPS) is 23.6. The van der Waals surface area contributed by atoms with Gasteiger partial charge in [-0.05, 0) is 52.1 Å². The Morgan fingerprint density at radius 2 is 2.20 bits per heavy atom. The van der Waals surface area contributed by atoms with E-state index in [-0.39, 0.29) is 5.54 Å². The van der Waals surface area contributed by atoms with Crippen LogP contribution in [-0.4, -0.2) is 43.8 Å². The average molecular weight is 214 g/mol. The highest BCUT2D eigenvalue weighted by molar-refractivity contribution is 4.77. The van der Waals surface area contributed by atoms with Crippen LogP contribution in [0.4, 0.5) is 0 Å². The molecule has 2 N–H and O–H groups in total. The van der Waals surface area contributed by atoms with Gasteiger partial charge in [-0.25, -0.2) is 0 Å². The first-order chi connectivity index (χ1) is 7.01. The molecule has 3 nitrogen and oxygen atoms in total. The summed E-state index contributed by atoms with van der Waals surface area (Å²) < 4.78 is 5.19. The first-order valence-electron chi connectivity index (χ1n) is 6.01. The van der Waals surface area contributed by atoms with E-state index in [2.05, 4.69) is 18.7 Å². The van der Waals surface area contributed by atoms with E-state index in [0.717, 1.165) is 18.9 Å². The van der Waals surface area contributed by atoms with Crippen LogP contribution in [-0.2, 0) is 4.74 Å². The van der Waals surface area contributed by atoms with Gasteiger partial charge in [0, 0.05) is 19.2 Å². The summed E-state index contributed by atoms with van der Waals surface area (Å²) in [5.74, 6) is 0.751. The summed E-state index contributed by atoms with van der Waals surface area (Å²) in [4.78, 5) is 2.54. The minimum atomic E-state index is -0.00828. The smallest absolute Gasteiger partial charge is 0.0503 e. The number of ether oxygens (including phenoxy) is 1. The Bertz CT molecular complexity index is 177. The second-order valence-corrected chi connectivity index (χ2v) is 5.50. The van der Waals surface area contributed by atoms with Gasteiger partial charge in [0.15, 0.2) is 0 Å². The lowest BCUT2D eigenvalue weighted by Crippen LogP contribution is -2.33. The van der Waals surface area contributed by atoms with Crippen molar-refractivity contribution in [3.8, 4) is 0 Å². The zero-order chi connectivity index (χ0) is 11.3. The Hall–Kier alpha value is -0.120. The van der Waals surface area contributed by atoms with Crippen molar-refractivity contribution < 1.29 is 4.74 Å². The van der Waals surface area contributed by atoms with Gasteiger partial charge >= 0.3 is 0 Å². The van der Waals surface area contributed by atoms with E-state index in [9.17, 15) is 0 Å². The topological polar surface area (TPSA) is 38.5 Å². The van der Waals surface area contributed by atoms with Crippen molar-refractivity contribution in [1.29, 1.82) is 0 Å². The van der Waals surface area contributed by atoms with Gasteiger partial charge in [-0.3, -0.25) is 0 Å². The molecule has 1 aliphatic rings. The summed E-state index contributed by atoms with van der Waals surface area (Å²) >= 11 is 0. The second-order valence-electron chi connectivity index (χ2n) is 5.50. The van der Waals surface area contributed by atoms with Crippen LogP contribution in [0.2, 0.25) is 0 Å². The summed E-state index contributed by atoms with van der Waals surface area (Å²) in [5, 5.41) is 0. The summed E-state index contributed by atoms with van der Waals surface area (Å²) in [5.41, 5.74) is 5.95. The molecule has 3 heteroatoms. The van der Waals surface area contributed by atoms with E-state index in [4.69, 9.17) is 10.5 Å². The van der Waals surface area contributed by atoms with Gasteiger partial charge in [0.1, 0.15) is 0 Å². The minimum absolute atomic E-state index is 0.00828. The van der Waals surface area contributed by atoms with Crippen LogP contribution in [0.1, 0.15) is 33.1 Å². The highest BCUT2D eigenvalue weighted by atomic mass is 16.5. The fraction of sp³-hybridized carbons (Fsp3) is 1.00. The lowest BCUT2D eigenvalue weighted by molar-refractivity contribution is 0.153. The van der Waals surface area contributed by atoms with E-state index in [0.29, 0.717) is 0 Å². The molecule has 1 saturated heterocycles. The van der Waals surface area contributed by atoms with Crippen molar-refractivity contribution in [1.82, 2.24) is 4.90 Å². The summed E-state index contributed by atoms with van der Waals surface area (Å²) in [6.07, 6.45) is 3.61. The summed E-state index contributed by atoms with van der Waals surface area (Å²) in [6, 6.07) is 0. The maximum atomic E-state index is 5.96. The van der Waals surface area contributed by atoms with Gasteiger partial charge in [0.05, 0.1) is 6.61 Å². The Labute approximate surface area is 94.0 Å². The van der Waals surface area contributed by atoms with E-state index in [1.165, 1.54) is 32.5 Å². The molecule has 1 unspecified atom stereocenters. The Kier molecular flexibility index (Phi) is 5.03. The molecule has 0 aromatic heterocycles. The molecule has 0 aromatic carbocycles. The molecule has 0 amide bonds. The van der Waals surface area contributed by atoms with Crippen molar-refractivity contribution in [2.24, 2.45) is 11.7 Å². The highest BCUT2D eigenvalue weighted by Crippen LogP contribution is 2.17. The molecule has 15 heavy (non-hydrogen) atoms. The largest absolute Gasteiger partial charge is 0.384 e. The highest BCUT2D eigenvalue weighted by Gasteiger charge is 2.22. The second kappa shape index (κ2) is 5.83. The number of nitrogens with two attached hydrogens (primary N) is 1. The van der Waals surface area contributed by atoms with Gasteiger partial charge in [-0.15, -0.1) is 0 Å². The number of hydrogen-bond donors (Lipinski definition) is 1. The van der Waals surface area contributed by atoms with Crippen molar-refractivity contribution in [3.05, 3.63) is 0 Å². The van der Waals surface area contributed by atoms with E-state index in [1.807, 2.05) is 0 Å². The van der Waals surface area contributed by atoms with Crippen molar-refractivity contribution in [3.63, 3.8) is 0 Å². The van der Waals surface area contributed by atoms with Crippen LogP contribution < -0.4 is 5.73 Å². The van der Waals surface area contributed by atoms with Gasteiger partial charge in [-0.2, -0.15) is 0 Å². The molecular weight excluding hydrogens is 188 g/mol. The lowest BCUT2D eigenvalue weighted by Gasteiger charge is -2.21. The molecule has 1 atom stereocenters. The minimum Gasteiger partial charge on any atom is -0.384 e. The van der Waals surface area contributed by atoms with Crippen molar-refractivity contribution in [2.45, 2.75) is 38.6 Å². The predicted octanol–water partition coefficient (Wildman–Crippen LogP) is 1.47. The number of hydrogen-bond acceptors (Lipinski definition) is 3. The molecule has 0 saturated carbocycles. The van der Waals surface area contributed by atoms with Crippen molar-refractivity contribution in [2.75, 3.05) is 33.4 Å². The first-order valence-corrected chi connectivity index (χ1v) is 6.01. The molecule has 0 aliphatic carbocycles. The molecule has 0 bridgehead atoms. The Morgan fingerprint density at radius 3 is 2.80 bits per heavy atom. The van der Waals surface area contributed by atoms with Crippen LogP contribution in [0.5, 0.6) is 0 Å². The van der Waals surface area contributed by atoms with Gasteiger partial charge < -0.3 is 15.4 Å². The van der Waals surface area contributed by atoms with Gasteiger partial charge in [0.2, 0.25) is 0 Å². The third kappa shape index (κ3) is 5.50. The zero-order valence-electron chi connectivity index (χ0n) is 10.5. The van der Waals surface area contributed by atoms with Crippen LogP contribution in [0, 0.1) is 5.92 Å². The average Bonchev–Trinajstić information content (AvgIpc) is 2.51. The van der Waals surface area contributed by atoms with Crippen LogP contribution >= 0.6 is 0 Å². The molecule has 1 fully saturated rings. The van der Waals surface area contributed by atoms with Crippen molar-refractivity contribution >= 4 is 0 Å². The maximum Gasteiger partial charge on any atom is 0.0503 e. The quantitative estimate of drug-likeness (QED) is 0.728. The predicted molar refractivity (Wildman–Crippen MR) is 63.9 cm³/mol. The third-order valence-corrected chi connectivity index (χ3v) is 3.07. The van der Waals surface area contributed by atoms with E-state index < -0.39 is 0 Å². The SMILES string of the molecule is COCC1CCN(CCCC(C)(C)N)C1. The molecule has 1 heterocycles. The first kappa shape index (κ1) is 12.9. The molecule has 1 aliphatic heterocycles. The molecule has 1 rings (SSSR count). The van der Waals surface area contributed by atoms with Gasteiger partial charge in [-0.1, -0.05) is 0 Å². The third-order valence-electron chi connectivity index (χ3n) is 3.07. The summed E-state index contributed by atoms with van der Waals surface area (Å²) in [7, 11) is 1.79. The standard InChI is InChI=1S/C12H26N2O/c1-12(2,13)6-4-7-14-8-5-11(9-14)10-15-3/h11H,4-10,13H2,1-3H3. The van der Waals surface area contributed by atoms with E-state index in [1.54, 1.807) is 7.11 Å². The molecule has 0 spiro atoms. The molecule has 0 aromatic rings. The van der Waals surface area contributed by atoms with Crippen LogP contribution in [0.15, 0.2) is 0 Å². The maximum absolute atomic E-state index is 5.96. The zero-order valence-corrected chi connectivity index (χ0v) is 10.5. The number of likely N-dealkylation sites (tertiary alicyclic amines) is 1. The monoisotopic (exact) mass is 214 g/mol. The number of nitrogens with zero attached hydrogens (tertiary/aromatic N) is 1. The Morgan fingerprint density at radius 1 is 1.47 bits per heavy atom. The summed E-state index contributed by atoms with van der Waals surface area (Å²) in [6.45, 7) is 8.76. The molecular formula is C12H26N2O. The van der Waals surface area contributed by atoms with Gasteiger partial charge in [0.25, 0.3) is 0 Å². The van der Waals surface area contributed by atoms with E-state index >= 15 is 0 Å². The Balaban J connectivity index is 2.09. The number of methoxy groups -OCH3 is 1. The fourth-order valence-corrected chi connectivity index (χ4v) is 2.25. The lowest BCUT2D eigenvalue weighted by atomic mass is 10.0. The number of rotatable bonds is 6. The molecule has 90 valence electrons.